The van der Waals surface area contributed by atoms with E-state index >= 15 is 0 Å². The summed E-state index contributed by atoms with van der Waals surface area (Å²) in [7, 11) is 0. The molecule has 190 valence electrons. The molecule has 0 aromatic rings. The molecule has 0 heterocycles. The first-order chi connectivity index (χ1) is 15.5. The Morgan fingerprint density at radius 1 is 0.970 bits per heavy atom. The first-order valence-electron chi connectivity index (χ1n) is 14.0. The van der Waals surface area contributed by atoms with E-state index in [9.17, 15) is 19.4 Å². The SMILES string of the molecule is CC[C@@H](C(C)C)[C@@H](O)[C@H](O)[C@@H](C)[C@H]1CC[C@H]2[C@@H]3CC(=O)C4C[C@H](F)CC[C@]4(C)[C@H]3CC[C@]12C. The van der Waals surface area contributed by atoms with Crippen LogP contribution in [0.25, 0.3) is 0 Å². The van der Waals surface area contributed by atoms with E-state index in [0.717, 1.165) is 38.5 Å². The number of hydrogen-bond donors (Lipinski definition) is 2. The third kappa shape index (κ3) is 4.03. The summed E-state index contributed by atoms with van der Waals surface area (Å²) in [6.07, 6.45) is 5.68. The Bertz CT molecular complexity index is 724. The van der Waals surface area contributed by atoms with Crippen LogP contribution < -0.4 is 0 Å². The predicted octanol–water partition coefficient (Wildman–Crippen LogP) is 6.20. The van der Waals surface area contributed by atoms with Gasteiger partial charge in [-0.25, -0.2) is 4.39 Å². The van der Waals surface area contributed by atoms with Crippen LogP contribution in [0.2, 0.25) is 0 Å². The van der Waals surface area contributed by atoms with Crippen LogP contribution in [-0.4, -0.2) is 34.4 Å². The average molecular weight is 465 g/mol. The molecular weight excluding hydrogens is 415 g/mol. The fourth-order valence-electron chi connectivity index (χ4n) is 9.81. The van der Waals surface area contributed by atoms with Crippen molar-refractivity contribution in [1.29, 1.82) is 0 Å². The third-order valence-electron chi connectivity index (χ3n) is 11.8. The van der Waals surface area contributed by atoms with Crippen molar-refractivity contribution in [1.82, 2.24) is 0 Å². The molecule has 2 N–H and O–H groups in total. The first kappa shape index (κ1) is 25.6. The van der Waals surface area contributed by atoms with E-state index in [2.05, 4.69) is 41.5 Å². The van der Waals surface area contributed by atoms with Gasteiger partial charge in [0, 0.05) is 12.3 Å². The summed E-state index contributed by atoms with van der Waals surface area (Å²) in [4.78, 5) is 13.3. The van der Waals surface area contributed by atoms with Gasteiger partial charge in [0.05, 0.1) is 12.2 Å². The van der Waals surface area contributed by atoms with Gasteiger partial charge in [0.2, 0.25) is 0 Å². The normalized spacial score (nSPS) is 46.8. The van der Waals surface area contributed by atoms with Gasteiger partial charge in [-0.3, -0.25) is 4.79 Å². The third-order valence-corrected chi connectivity index (χ3v) is 11.8. The Hall–Kier alpha value is -0.480. The van der Waals surface area contributed by atoms with E-state index in [1.807, 2.05) is 0 Å². The van der Waals surface area contributed by atoms with Crippen LogP contribution in [-0.2, 0) is 4.79 Å². The molecule has 0 spiro atoms. The molecule has 0 aromatic heterocycles. The minimum absolute atomic E-state index is 0.0328. The highest BCUT2D eigenvalue weighted by atomic mass is 19.1. The molecule has 3 nitrogen and oxygen atoms in total. The maximum absolute atomic E-state index is 14.2. The molecule has 12 atom stereocenters. The molecular formula is C29H49FO3. The Morgan fingerprint density at radius 3 is 2.24 bits per heavy atom. The zero-order chi connectivity index (χ0) is 24.3. The Kier molecular flexibility index (Phi) is 7.13. The quantitative estimate of drug-likeness (QED) is 0.492. The zero-order valence-electron chi connectivity index (χ0n) is 21.9. The molecule has 0 radical (unpaired) electrons. The van der Waals surface area contributed by atoms with E-state index in [1.165, 1.54) is 0 Å². The molecule has 4 aliphatic rings. The van der Waals surface area contributed by atoms with Crippen LogP contribution in [0.15, 0.2) is 0 Å². The Balaban J connectivity index is 1.54. The van der Waals surface area contributed by atoms with Crippen molar-refractivity contribution >= 4 is 5.78 Å². The first-order valence-corrected chi connectivity index (χ1v) is 14.0. The second-order valence-electron chi connectivity index (χ2n) is 13.4. The lowest BCUT2D eigenvalue weighted by molar-refractivity contribution is -0.159. The van der Waals surface area contributed by atoms with Crippen LogP contribution in [0.5, 0.6) is 0 Å². The summed E-state index contributed by atoms with van der Waals surface area (Å²) in [6, 6.07) is 0. The van der Waals surface area contributed by atoms with Gasteiger partial charge in [-0.2, -0.15) is 0 Å². The van der Waals surface area contributed by atoms with Crippen molar-refractivity contribution in [3.8, 4) is 0 Å². The number of fused-ring (bicyclic) bond motifs is 5. The lowest BCUT2D eigenvalue weighted by atomic mass is 9.44. The molecule has 33 heavy (non-hydrogen) atoms. The molecule has 0 aliphatic heterocycles. The number of rotatable bonds is 6. The second-order valence-corrected chi connectivity index (χ2v) is 13.4. The number of hydrogen-bond acceptors (Lipinski definition) is 3. The molecule has 0 saturated heterocycles. The summed E-state index contributed by atoms with van der Waals surface area (Å²) < 4.78 is 14.2. The number of carbonyl (C=O) groups is 1. The number of aliphatic hydroxyl groups excluding tert-OH is 2. The van der Waals surface area contributed by atoms with Gasteiger partial charge in [-0.15, -0.1) is 0 Å². The minimum atomic E-state index is -0.806. The minimum Gasteiger partial charge on any atom is -0.390 e. The number of ketones is 1. The summed E-state index contributed by atoms with van der Waals surface area (Å²) in [5, 5.41) is 22.3. The van der Waals surface area contributed by atoms with Crippen LogP contribution in [0.3, 0.4) is 0 Å². The molecule has 1 unspecified atom stereocenters. The molecule has 0 bridgehead atoms. The van der Waals surface area contributed by atoms with Gasteiger partial charge in [-0.05, 0) is 97.2 Å². The van der Waals surface area contributed by atoms with E-state index in [0.29, 0.717) is 54.6 Å². The average Bonchev–Trinajstić information content (AvgIpc) is 3.11. The van der Waals surface area contributed by atoms with Crippen molar-refractivity contribution < 1.29 is 19.4 Å². The standard InChI is InChI=1S/C29H49FO3/c1-7-19(16(2)3)27(33)26(32)17(4)21-8-9-22-20-15-25(31)24-14-18(30)10-12-29(24,6)23(20)11-13-28(21,22)5/h16-24,26-27,32-33H,7-15H2,1-6H3/t17-,18+,19-,20-,21+,22-,23-,24?,26+,27+,28+,29+/m0/s1. The molecule has 0 aromatic carbocycles. The maximum atomic E-state index is 14.2. The molecule has 4 aliphatic carbocycles. The highest BCUT2D eigenvalue weighted by Gasteiger charge is 2.63. The predicted molar refractivity (Wildman–Crippen MR) is 130 cm³/mol. The van der Waals surface area contributed by atoms with E-state index in [1.54, 1.807) is 0 Å². The van der Waals surface area contributed by atoms with E-state index in [-0.39, 0.29) is 28.6 Å². The monoisotopic (exact) mass is 464 g/mol. The molecule has 4 heteroatoms. The van der Waals surface area contributed by atoms with Crippen LogP contribution in [0, 0.1) is 58.2 Å². The van der Waals surface area contributed by atoms with Crippen molar-refractivity contribution in [2.75, 3.05) is 0 Å². The van der Waals surface area contributed by atoms with Crippen molar-refractivity contribution in [3.63, 3.8) is 0 Å². The molecule has 4 rings (SSSR count). The molecule has 0 amide bonds. The Labute approximate surface area is 201 Å². The van der Waals surface area contributed by atoms with Gasteiger partial charge in [0.25, 0.3) is 0 Å². The lowest BCUT2D eigenvalue weighted by Gasteiger charge is -2.60. The highest BCUT2D eigenvalue weighted by molar-refractivity contribution is 5.83. The number of alkyl halides is 1. The van der Waals surface area contributed by atoms with Crippen LogP contribution in [0.4, 0.5) is 4.39 Å². The highest BCUT2D eigenvalue weighted by Crippen LogP contribution is 2.68. The number of halogens is 1. The fraction of sp³-hybridized carbons (Fsp3) is 0.966. The topological polar surface area (TPSA) is 57.5 Å². The van der Waals surface area contributed by atoms with Crippen LogP contribution >= 0.6 is 0 Å². The van der Waals surface area contributed by atoms with Gasteiger partial charge in [0.1, 0.15) is 12.0 Å². The second kappa shape index (κ2) is 9.19. The largest absolute Gasteiger partial charge is 0.390 e. The Morgan fingerprint density at radius 2 is 1.61 bits per heavy atom. The number of carbonyl (C=O) groups excluding carboxylic acids is 1. The van der Waals surface area contributed by atoms with Crippen LogP contribution in [0.1, 0.15) is 99.3 Å². The smallest absolute Gasteiger partial charge is 0.136 e. The number of Topliss-reactive ketones (excluding diaryl/α,β-unsaturated/α-hetero) is 1. The van der Waals surface area contributed by atoms with Crippen molar-refractivity contribution in [2.24, 2.45) is 58.2 Å². The van der Waals surface area contributed by atoms with E-state index in [4.69, 9.17) is 0 Å². The molecule has 4 saturated carbocycles. The van der Waals surface area contributed by atoms with Gasteiger partial charge in [-0.1, -0.05) is 48.0 Å². The summed E-state index contributed by atoms with van der Waals surface area (Å²) in [5.41, 5.74) is 0.0799. The number of aliphatic hydroxyl groups is 2. The molecule has 4 fully saturated rings. The summed E-state index contributed by atoms with van der Waals surface area (Å²) >= 11 is 0. The fourth-order valence-corrected chi connectivity index (χ4v) is 9.81. The van der Waals surface area contributed by atoms with Gasteiger partial charge >= 0.3 is 0 Å². The van der Waals surface area contributed by atoms with Crippen molar-refractivity contribution in [2.45, 2.75) is 118 Å². The maximum Gasteiger partial charge on any atom is 0.136 e. The van der Waals surface area contributed by atoms with Gasteiger partial charge < -0.3 is 10.2 Å². The lowest BCUT2D eigenvalue weighted by Crippen LogP contribution is -2.57. The van der Waals surface area contributed by atoms with E-state index < -0.39 is 18.4 Å². The summed E-state index contributed by atoms with van der Waals surface area (Å²) in [6.45, 7) is 13.2. The zero-order valence-corrected chi connectivity index (χ0v) is 21.9. The van der Waals surface area contributed by atoms with Crippen molar-refractivity contribution in [3.05, 3.63) is 0 Å². The summed E-state index contributed by atoms with van der Waals surface area (Å²) in [5.74, 6) is 2.56. The van der Waals surface area contributed by atoms with Gasteiger partial charge in [0.15, 0.2) is 0 Å².